The third-order valence-electron chi connectivity index (χ3n) is 3.34. The number of carbonyl (C=O) groups is 2. The molecule has 2 heterocycles. The summed E-state index contributed by atoms with van der Waals surface area (Å²) in [5, 5.41) is 2.82. The van der Waals surface area contributed by atoms with Crippen LogP contribution in [0.25, 0.3) is 0 Å². The number of furan rings is 1. The average molecular weight is 270 g/mol. The number of fused-ring (bicyclic) bond motifs is 1. The summed E-state index contributed by atoms with van der Waals surface area (Å²) in [6.45, 7) is 1.49. The van der Waals surface area contributed by atoms with E-state index < -0.39 is 6.04 Å². The largest absolute Gasteiger partial charge is 0.467 e. The summed E-state index contributed by atoms with van der Waals surface area (Å²) >= 11 is 0. The SMILES string of the molecule is CC(=O)N1c2ccccc2NC(=O)C[C@H]1c1ccco1. The van der Waals surface area contributed by atoms with E-state index in [2.05, 4.69) is 5.32 Å². The van der Waals surface area contributed by atoms with Gasteiger partial charge in [-0.3, -0.25) is 14.5 Å². The summed E-state index contributed by atoms with van der Waals surface area (Å²) < 4.78 is 5.40. The van der Waals surface area contributed by atoms with Gasteiger partial charge < -0.3 is 9.73 Å². The quantitative estimate of drug-likeness (QED) is 0.866. The molecule has 2 aromatic rings. The summed E-state index contributed by atoms with van der Waals surface area (Å²) in [6.07, 6.45) is 1.71. The summed E-state index contributed by atoms with van der Waals surface area (Å²) in [5.74, 6) is 0.338. The Labute approximate surface area is 116 Å². The van der Waals surface area contributed by atoms with Crippen LogP contribution in [0.2, 0.25) is 0 Å². The van der Waals surface area contributed by atoms with E-state index >= 15 is 0 Å². The summed E-state index contributed by atoms with van der Waals surface area (Å²) in [4.78, 5) is 25.7. The van der Waals surface area contributed by atoms with Crippen molar-refractivity contribution < 1.29 is 14.0 Å². The number of carbonyl (C=O) groups excluding carboxylic acids is 2. The Morgan fingerprint density at radius 2 is 2.10 bits per heavy atom. The Morgan fingerprint density at radius 1 is 1.30 bits per heavy atom. The molecule has 5 heteroatoms. The Hall–Kier alpha value is -2.56. The molecule has 1 aliphatic heterocycles. The molecule has 1 aromatic heterocycles. The number of nitrogens with zero attached hydrogens (tertiary/aromatic N) is 1. The second kappa shape index (κ2) is 4.85. The number of hydrogen-bond donors (Lipinski definition) is 1. The highest BCUT2D eigenvalue weighted by Gasteiger charge is 2.33. The fraction of sp³-hybridized carbons (Fsp3) is 0.200. The van der Waals surface area contributed by atoms with E-state index in [-0.39, 0.29) is 18.2 Å². The Morgan fingerprint density at radius 3 is 2.80 bits per heavy atom. The van der Waals surface area contributed by atoms with E-state index in [0.717, 1.165) is 0 Å². The van der Waals surface area contributed by atoms with Gasteiger partial charge in [0, 0.05) is 6.92 Å². The Bertz CT molecular complexity index is 649. The zero-order chi connectivity index (χ0) is 14.1. The van der Waals surface area contributed by atoms with Crippen LogP contribution < -0.4 is 10.2 Å². The zero-order valence-electron chi connectivity index (χ0n) is 11.0. The van der Waals surface area contributed by atoms with Crippen LogP contribution in [0, 0.1) is 0 Å². The van der Waals surface area contributed by atoms with Gasteiger partial charge in [0.25, 0.3) is 0 Å². The molecule has 3 rings (SSSR count). The highest BCUT2D eigenvalue weighted by molar-refractivity contribution is 6.03. The third kappa shape index (κ3) is 2.07. The van der Waals surface area contributed by atoms with Crippen LogP contribution in [0.1, 0.15) is 25.1 Å². The van der Waals surface area contributed by atoms with E-state index in [1.165, 1.54) is 6.92 Å². The number of para-hydroxylation sites is 2. The molecule has 0 aliphatic carbocycles. The minimum atomic E-state index is -0.425. The molecular weight excluding hydrogens is 256 g/mol. The van der Waals surface area contributed by atoms with Gasteiger partial charge in [-0.05, 0) is 24.3 Å². The van der Waals surface area contributed by atoms with Gasteiger partial charge in [-0.25, -0.2) is 0 Å². The Kier molecular flexibility index (Phi) is 3.02. The van der Waals surface area contributed by atoms with Crippen molar-refractivity contribution in [3.05, 3.63) is 48.4 Å². The van der Waals surface area contributed by atoms with Crippen LogP contribution in [0.4, 0.5) is 11.4 Å². The van der Waals surface area contributed by atoms with Gasteiger partial charge in [0.1, 0.15) is 11.8 Å². The number of amides is 2. The molecule has 20 heavy (non-hydrogen) atoms. The van der Waals surface area contributed by atoms with Gasteiger partial charge in [-0.15, -0.1) is 0 Å². The van der Waals surface area contributed by atoms with Crippen LogP contribution >= 0.6 is 0 Å². The van der Waals surface area contributed by atoms with E-state index in [4.69, 9.17) is 4.42 Å². The van der Waals surface area contributed by atoms with Crippen LogP contribution in [0.5, 0.6) is 0 Å². The standard InChI is InChI=1S/C15H14N2O3/c1-10(18)17-12-6-3-2-5-11(12)16-15(19)9-13(17)14-7-4-8-20-14/h2-8,13H,9H2,1H3,(H,16,19)/t13-/m0/s1. The van der Waals surface area contributed by atoms with Gasteiger partial charge in [0.2, 0.25) is 11.8 Å². The maximum Gasteiger partial charge on any atom is 0.226 e. The van der Waals surface area contributed by atoms with E-state index in [1.54, 1.807) is 29.4 Å². The van der Waals surface area contributed by atoms with Gasteiger partial charge in [0.15, 0.2) is 0 Å². The number of hydrogen-bond acceptors (Lipinski definition) is 3. The second-order valence-electron chi connectivity index (χ2n) is 4.69. The molecule has 5 nitrogen and oxygen atoms in total. The van der Waals surface area contributed by atoms with Crippen LogP contribution in [-0.2, 0) is 9.59 Å². The Balaban J connectivity index is 2.15. The molecular formula is C15H14N2O3. The van der Waals surface area contributed by atoms with Gasteiger partial charge in [-0.2, -0.15) is 0 Å². The zero-order valence-corrected chi connectivity index (χ0v) is 11.0. The molecule has 0 spiro atoms. The first kappa shape index (κ1) is 12.5. The minimum Gasteiger partial charge on any atom is -0.467 e. The van der Waals surface area contributed by atoms with Crippen molar-refractivity contribution in [1.82, 2.24) is 0 Å². The number of anilines is 2. The number of rotatable bonds is 1. The number of nitrogens with one attached hydrogen (secondary N) is 1. The molecule has 0 unspecified atom stereocenters. The van der Waals surface area contributed by atoms with Crippen molar-refractivity contribution in [3.8, 4) is 0 Å². The summed E-state index contributed by atoms with van der Waals surface area (Å²) in [7, 11) is 0. The highest BCUT2D eigenvalue weighted by atomic mass is 16.3. The topological polar surface area (TPSA) is 62.6 Å². The van der Waals surface area contributed by atoms with Crippen LogP contribution in [-0.4, -0.2) is 11.8 Å². The fourth-order valence-electron chi connectivity index (χ4n) is 2.52. The predicted molar refractivity (Wildman–Crippen MR) is 74.3 cm³/mol. The fourth-order valence-corrected chi connectivity index (χ4v) is 2.52. The van der Waals surface area contributed by atoms with Crippen molar-refractivity contribution >= 4 is 23.2 Å². The lowest BCUT2D eigenvalue weighted by Gasteiger charge is -2.27. The van der Waals surface area contributed by atoms with E-state index in [9.17, 15) is 9.59 Å². The van der Waals surface area contributed by atoms with Gasteiger partial charge in [-0.1, -0.05) is 12.1 Å². The van der Waals surface area contributed by atoms with Gasteiger partial charge >= 0.3 is 0 Å². The number of benzene rings is 1. The molecule has 1 atom stereocenters. The second-order valence-corrected chi connectivity index (χ2v) is 4.69. The molecule has 102 valence electrons. The van der Waals surface area contributed by atoms with Gasteiger partial charge in [0.05, 0.1) is 24.1 Å². The molecule has 1 aromatic carbocycles. The van der Waals surface area contributed by atoms with E-state index in [0.29, 0.717) is 17.1 Å². The van der Waals surface area contributed by atoms with Crippen LogP contribution in [0.15, 0.2) is 47.1 Å². The average Bonchev–Trinajstić information content (AvgIpc) is 2.88. The molecule has 0 fully saturated rings. The van der Waals surface area contributed by atoms with Crippen molar-refractivity contribution in [2.75, 3.05) is 10.2 Å². The smallest absolute Gasteiger partial charge is 0.226 e. The minimum absolute atomic E-state index is 0.129. The first-order chi connectivity index (χ1) is 9.66. The van der Waals surface area contributed by atoms with E-state index in [1.807, 2.05) is 18.2 Å². The van der Waals surface area contributed by atoms with Crippen molar-refractivity contribution in [1.29, 1.82) is 0 Å². The molecule has 2 amide bonds. The van der Waals surface area contributed by atoms with Crippen molar-refractivity contribution in [3.63, 3.8) is 0 Å². The molecule has 1 N–H and O–H groups in total. The van der Waals surface area contributed by atoms with Crippen LogP contribution in [0.3, 0.4) is 0 Å². The monoisotopic (exact) mass is 270 g/mol. The molecule has 1 aliphatic rings. The lowest BCUT2D eigenvalue weighted by atomic mass is 10.1. The highest BCUT2D eigenvalue weighted by Crippen LogP contribution is 2.37. The molecule has 0 saturated carbocycles. The molecule has 0 bridgehead atoms. The first-order valence-corrected chi connectivity index (χ1v) is 6.39. The third-order valence-corrected chi connectivity index (χ3v) is 3.34. The maximum absolute atomic E-state index is 12.1. The summed E-state index contributed by atoms with van der Waals surface area (Å²) in [6, 6.07) is 10.4. The maximum atomic E-state index is 12.1. The normalized spacial score (nSPS) is 18.1. The molecule has 0 radical (unpaired) electrons. The lowest BCUT2D eigenvalue weighted by Crippen LogP contribution is -2.33. The lowest BCUT2D eigenvalue weighted by molar-refractivity contribution is -0.118. The first-order valence-electron chi connectivity index (χ1n) is 6.39. The molecule has 0 saturated heterocycles. The van der Waals surface area contributed by atoms with Crippen molar-refractivity contribution in [2.45, 2.75) is 19.4 Å². The summed E-state index contributed by atoms with van der Waals surface area (Å²) in [5.41, 5.74) is 1.33. The predicted octanol–water partition coefficient (Wildman–Crippen LogP) is 2.72. The van der Waals surface area contributed by atoms with Crippen molar-refractivity contribution in [2.24, 2.45) is 0 Å².